The zero-order valence-corrected chi connectivity index (χ0v) is 11.2. The van der Waals surface area contributed by atoms with Gasteiger partial charge in [0, 0.05) is 24.7 Å². The van der Waals surface area contributed by atoms with Gasteiger partial charge in [-0.1, -0.05) is 39.0 Å². The van der Waals surface area contributed by atoms with E-state index in [4.69, 9.17) is 0 Å². The minimum absolute atomic E-state index is 0.630. The topological polar surface area (TPSA) is 24.1 Å². The molecule has 0 bridgehead atoms. The fourth-order valence-electron chi connectivity index (χ4n) is 2.26. The van der Waals surface area contributed by atoms with Gasteiger partial charge in [0.25, 0.3) is 0 Å². The Kier molecular flexibility index (Phi) is 4.06. The van der Waals surface area contributed by atoms with E-state index in [0.29, 0.717) is 5.92 Å². The van der Waals surface area contributed by atoms with Gasteiger partial charge in [-0.15, -0.1) is 0 Å². The Labute approximate surface area is 105 Å². The average Bonchev–Trinajstić information content (AvgIpc) is 2.72. The summed E-state index contributed by atoms with van der Waals surface area (Å²) in [4.78, 5) is 0. The number of anilines is 1. The highest BCUT2D eigenvalue weighted by atomic mass is 14.9. The van der Waals surface area contributed by atoms with E-state index in [-0.39, 0.29) is 0 Å². The van der Waals surface area contributed by atoms with Crippen molar-refractivity contribution in [3.8, 4) is 0 Å². The molecule has 2 heteroatoms. The maximum atomic E-state index is 3.61. The zero-order chi connectivity index (χ0) is 12.3. The summed E-state index contributed by atoms with van der Waals surface area (Å²) in [5, 5.41) is 7.08. The average molecular weight is 232 g/mol. The third-order valence-electron chi connectivity index (χ3n) is 3.93. The van der Waals surface area contributed by atoms with E-state index < -0.39 is 0 Å². The molecule has 2 unspecified atom stereocenters. The molecule has 2 rings (SSSR count). The van der Waals surface area contributed by atoms with Gasteiger partial charge in [-0.2, -0.15) is 0 Å². The summed E-state index contributed by atoms with van der Waals surface area (Å²) in [6.45, 7) is 10.2. The first-order valence-corrected chi connectivity index (χ1v) is 6.72. The molecule has 2 atom stereocenters. The van der Waals surface area contributed by atoms with E-state index in [1.165, 1.54) is 11.3 Å². The van der Waals surface area contributed by atoms with Crippen molar-refractivity contribution < 1.29 is 0 Å². The number of fused-ring (bicyclic) bond motifs is 1. The lowest BCUT2D eigenvalue weighted by Crippen LogP contribution is -2.28. The second-order valence-electron chi connectivity index (χ2n) is 5.54. The summed E-state index contributed by atoms with van der Waals surface area (Å²) in [5.74, 6) is 2.14. The lowest BCUT2D eigenvalue weighted by atomic mass is 9.97. The summed E-state index contributed by atoms with van der Waals surface area (Å²) in [6.07, 6.45) is 0. The summed E-state index contributed by atoms with van der Waals surface area (Å²) in [7, 11) is 0. The number of hydrogen-bond donors (Lipinski definition) is 2. The van der Waals surface area contributed by atoms with Crippen LogP contribution in [-0.2, 0) is 0 Å². The molecule has 0 radical (unpaired) electrons. The molecule has 17 heavy (non-hydrogen) atoms. The quantitative estimate of drug-likeness (QED) is 0.815. The van der Waals surface area contributed by atoms with Gasteiger partial charge in [-0.05, 0) is 30.0 Å². The van der Waals surface area contributed by atoms with Gasteiger partial charge in [0.2, 0.25) is 0 Å². The molecule has 94 valence electrons. The molecule has 2 nitrogen and oxygen atoms in total. The molecule has 2 N–H and O–H groups in total. The SMILES string of the molecule is CC(C)C(C)CNCC1CNc2ccccc21. The van der Waals surface area contributed by atoms with E-state index in [9.17, 15) is 0 Å². The highest BCUT2D eigenvalue weighted by Gasteiger charge is 2.21. The van der Waals surface area contributed by atoms with Crippen LogP contribution < -0.4 is 10.6 Å². The van der Waals surface area contributed by atoms with E-state index in [0.717, 1.165) is 31.5 Å². The molecule has 1 aromatic carbocycles. The van der Waals surface area contributed by atoms with Crippen molar-refractivity contribution in [2.24, 2.45) is 11.8 Å². The van der Waals surface area contributed by atoms with Crippen LogP contribution in [0.15, 0.2) is 24.3 Å². The van der Waals surface area contributed by atoms with E-state index in [2.05, 4.69) is 55.7 Å². The second kappa shape index (κ2) is 5.54. The van der Waals surface area contributed by atoms with E-state index in [1.807, 2.05) is 0 Å². The molecule has 1 heterocycles. The van der Waals surface area contributed by atoms with Gasteiger partial charge in [0.1, 0.15) is 0 Å². The maximum Gasteiger partial charge on any atom is 0.0376 e. The first-order chi connectivity index (χ1) is 8.18. The monoisotopic (exact) mass is 232 g/mol. The molecule has 0 aromatic heterocycles. The number of benzene rings is 1. The fraction of sp³-hybridized carbons (Fsp3) is 0.600. The van der Waals surface area contributed by atoms with Crippen LogP contribution in [0.1, 0.15) is 32.3 Å². The van der Waals surface area contributed by atoms with Crippen molar-refractivity contribution >= 4 is 5.69 Å². The van der Waals surface area contributed by atoms with Crippen LogP contribution in [0.3, 0.4) is 0 Å². The lowest BCUT2D eigenvalue weighted by molar-refractivity contribution is 0.389. The van der Waals surface area contributed by atoms with Crippen LogP contribution in [0.5, 0.6) is 0 Å². The van der Waals surface area contributed by atoms with Crippen molar-refractivity contribution in [3.63, 3.8) is 0 Å². The maximum absolute atomic E-state index is 3.61. The Morgan fingerprint density at radius 2 is 2.06 bits per heavy atom. The summed E-state index contributed by atoms with van der Waals surface area (Å²) < 4.78 is 0. The summed E-state index contributed by atoms with van der Waals surface area (Å²) in [6, 6.07) is 8.65. The molecule has 0 fully saturated rings. The molecule has 1 aromatic rings. The smallest absolute Gasteiger partial charge is 0.0376 e. The third kappa shape index (κ3) is 3.01. The molecular weight excluding hydrogens is 208 g/mol. The van der Waals surface area contributed by atoms with Gasteiger partial charge < -0.3 is 10.6 Å². The Morgan fingerprint density at radius 3 is 2.82 bits per heavy atom. The van der Waals surface area contributed by atoms with Gasteiger partial charge in [-0.3, -0.25) is 0 Å². The molecule has 0 saturated heterocycles. The minimum Gasteiger partial charge on any atom is -0.384 e. The number of rotatable bonds is 5. The molecule has 1 aliphatic rings. The van der Waals surface area contributed by atoms with Crippen molar-refractivity contribution in [2.75, 3.05) is 25.0 Å². The zero-order valence-electron chi connectivity index (χ0n) is 11.2. The highest BCUT2D eigenvalue weighted by molar-refractivity contribution is 5.57. The van der Waals surface area contributed by atoms with Crippen LogP contribution >= 0.6 is 0 Å². The van der Waals surface area contributed by atoms with Crippen LogP contribution in [0.25, 0.3) is 0 Å². The second-order valence-corrected chi connectivity index (χ2v) is 5.54. The van der Waals surface area contributed by atoms with Gasteiger partial charge in [-0.25, -0.2) is 0 Å². The van der Waals surface area contributed by atoms with Crippen molar-refractivity contribution in [1.82, 2.24) is 5.32 Å². The van der Waals surface area contributed by atoms with Crippen LogP contribution in [0.4, 0.5) is 5.69 Å². The van der Waals surface area contributed by atoms with Crippen molar-refractivity contribution in [3.05, 3.63) is 29.8 Å². The lowest BCUT2D eigenvalue weighted by Gasteiger charge is -2.18. The number of nitrogens with one attached hydrogen (secondary N) is 2. The molecule has 1 aliphatic heterocycles. The Balaban J connectivity index is 1.82. The van der Waals surface area contributed by atoms with Gasteiger partial charge in [0.15, 0.2) is 0 Å². The fourth-order valence-corrected chi connectivity index (χ4v) is 2.26. The van der Waals surface area contributed by atoms with Crippen LogP contribution in [0.2, 0.25) is 0 Å². The van der Waals surface area contributed by atoms with Crippen LogP contribution in [0, 0.1) is 11.8 Å². The molecule has 0 amide bonds. The normalized spacial score (nSPS) is 20.1. The van der Waals surface area contributed by atoms with E-state index >= 15 is 0 Å². The Morgan fingerprint density at radius 1 is 1.29 bits per heavy atom. The Bertz CT molecular complexity index is 360. The molecule has 0 saturated carbocycles. The Hall–Kier alpha value is -1.02. The predicted octanol–water partition coefficient (Wildman–Crippen LogP) is 3.08. The van der Waals surface area contributed by atoms with E-state index in [1.54, 1.807) is 0 Å². The number of para-hydroxylation sites is 1. The van der Waals surface area contributed by atoms with Gasteiger partial charge in [0.05, 0.1) is 0 Å². The standard InChI is InChI=1S/C15H24N2/c1-11(2)12(3)8-16-9-13-10-17-15-7-5-4-6-14(13)15/h4-7,11-13,16-17H,8-10H2,1-3H3. The van der Waals surface area contributed by atoms with Crippen molar-refractivity contribution in [1.29, 1.82) is 0 Å². The predicted molar refractivity (Wildman–Crippen MR) is 74.5 cm³/mol. The first kappa shape index (κ1) is 12.4. The largest absolute Gasteiger partial charge is 0.384 e. The molecular formula is C15H24N2. The summed E-state index contributed by atoms with van der Waals surface area (Å²) in [5.41, 5.74) is 2.79. The number of hydrogen-bond acceptors (Lipinski definition) is 2. The molecule has 0 aliphatic carbocycles. The minimum atomic E-state index is 0.630. The van der Waals surface area contributed by atoms with Crippen LogP contribution in [-0.4, -0.2) is 19.6 Å². The highest BCUT2D eigenvalue weighted by Crippen LogP contribution is 2.30. The summed E-state index contributed by atoms with van der Waals surface area (Å²) >= 11 is 0. The first-order valence-electron chi connectivity index (χ1n) is 6.72. The van der Waals surface area contributed by atoms with Crippen molar-refractivity contribution in [2.45, 2.75) is 26.7 Å². The molecule has 0 spiro atoms. The van der Waals surface area contributed by atoms with Gasteiger partial charge >= 0.3 is 0 Å². The third-order valence-corrected chi connectivity index (χ3v) is 3.93.